The van der Waals surface area contributed by atoms with Crippen molar-refractivity contribution in [2.45, 2.75) is 19.6 Å². The maximum atomic E-state index is 2.40. The van der Waals surface area contributed by atoms with Crippen molar-refractivity contribution in [3.8, 4) is 0 Å². The first-order valence-corrected chi connectivity index (χ1v) is 12.6. The first-order chi connectivity index (χ1) is 10.1. The van der Waals surface area contributed by atoms with E-state index < -0.39 is 8.07 Å². The van der Waals surface area contributed by atoms with Gasteiger partial charge in [-0.1, -0.05) is 0 Å². The van der Waals surface area contributed by atoms with E-state index in [1.807, 2.05) is 0 Å². The van der Waals surface area contributed by atoms with Crippen LogP contribution in [0.4, 0.5) is 0 Å². The van der Waals surface area contributed by atoms with Gasteiger partial charge in [0.15, 0.2) is 0 Å². The van der Waals surface area contributed by atoms with Crippen LogP contribution in [0.2, 0.25) is 19.6 Å². The summed E-state index contributed by atoms with van der Waals surface area (Å²) < 4.78 is 1.43. The van der Waals surface area contributed by atoms with Crippen LogP contribution < -0.4 is 4.46 Å². The Morgan fingerprint density at radius 2 is 1.43 bits per heavy atom. The number of rotatable bonds is 5. The first-order valence-electron chi connectivity index (χ1n) is 7.21. The van der Waals surface area contributed by atoms with Gasteiger partial charge in [-0.2, -0.15) is 0 Å². The van der Waals surface area contributed by atoms with Gasteiger partial charge in [-0.3, -0.25) is 0 Å². The van der Waals surface area contributed by atoms with E-state index in [1.165, 1.54) is 15.2 Å². The summed E-state index contributed by atoms with van der Waals surface area (Å²) in [6, 6.07) is 21.3. The molecule has 2 rings (SSSR count). The molecular weight excluding hydrogens is 335 g/mol. The Kier molecular flexibility index (Phi) is 5.81. The molecule has 2 aromatic carbocycles. The van der Waals surface area contributed by atoms with Gasteiger partial charge < -0.3 is 0 Å². The summed E-state index contributed by atoms with van der Waals surface area (Å²) in [7, 11) is -1.32. The quantitative estimate of drug-likeness (QED) is 0.546. The molecule has 21 heavy (non-hydrogen) atoms. The number of hydrogen-bond donors (Lipinski definition) is 0. The molecular formula is C19H22SeSi. The number of benzene rings is 2. The minimum atomic E-state index is -1.32. The zero-order valence-electron chi connectivity index (χ0n) is 12.9. The zero-order valence-corrected chi connectivity index (χ0v) is 15.6. The SMILES string of the molecule is C[Si](C)(C)C(=C\c1ccccc1)/C=C/[Se]c1ccccc1. The summed E-state index contributed by atoms with van der Waals surface area (Å²) in [5, 5.41) is 1.51. The van der Waals surface area contributed by atoms with Gasteiger partial charge in [0.2, 0.25) is 0 Å². The van der Waals surface area contributed by atoms with Crippen molar-refractivity contribution in [2.24, 2.45) is 0 Å². The van der Waals surface area contributed by atoms with Crippen LogP contribution in [0.5, 0.6) is 0 Å². The topological polar surface area (TPSA) is 0 Å². The third kappa shape index (κ3) is 5.51. The number of allylic oxidation sites excluding steroid dienone is 2. The molecule has 0 bridgehead atoms. The average molecular weight is 357 g/mol. The van der Waals surface area contributed by atoms with Crippen molar-refractivity contribution < 1.29 is 0 Å². The summed E-state index contributed by atoms with van der Waals surface area (Å²) in [5.74, 6) is 0. The fourth-order valence-electron chi connectivity index (χ4n) is 1.93. The van der Waals surface area contributed by atoms with E-state index in [1.54, 1.807) is 0 Å². The van der Waals surface area contributed by atoms with E-state index in [0.717, 1.165) is 0 Å². The molecule has 0 heterocycles. The maximum absolute atomic E-state index is 2.40. The van der Waals surface area contributed by atoms with Gasteiger partial charge in [-0.05, 0) is 0 Å². The fourth-order valence-corrected chi connectivity index (χ4v) is 4.82. The molecule has 2 heteroatoms. The van der Waals surface area contributed by atoms with Crippen LogP contribution in [0, 0.1) is 0 Å². The Balaban J connectivity index is 2.16. The molecule has 108 valence electrons. The van der Waals surface area contributed by atoms with Crippen molar-refractivity contribution in [3.05, 3.63) is 82.5 Å². The third-order valence-electron chi connectivity index (χ3n) is 3.18. The molecule has 0 fully saturated rings. The average Bonchev–Trinajstić information content (AvgIpc) is 2.47. The molecule has 0 saturated carbocycles. The van der Waals surface area contributed by atoms with Crippen LogP contribution in [0.3, 0.4) is 0 Å². The molecule has 0 aliphatic heterocycles. The first kappa shape index (κ1) is 16.0. The summed E-state index contributed by atoms with van der Waals surface area (Å²) in [6.07, 6.45) is 4.70. The van der Waals surface area contributed by atoms with Gasteiger partial charge in [0.05, 0.1) is 0 Å². The van der Waals surface area contributed by atoms with Crippen LogP contribution in [0.25, 0.3) is 6.08 Å². The molecule has 0 N–H and O–H groups in total. The summed E-state index contributed by atoms with van der Waals surface area (Å²) in [6.45, 7) is 7.21. The van der Waals surface area contributed by atoms with Gasteiger partial charge in [0.1, 0.15) is 0 Å². The second-order valence-electron chi connectivity index (χ2n) is 5.99. The zero-order chi connectivity index (χ0) is 15.1. The Hall–Kier alpha value is -1.34. The van der Waals surface area contributed by atoms with Crippen LogP contribution in [0.1, 0.15) is 5.56 Å². The van der Waals surface area contributed by atoms with Crippen LogP contribution >= 0.6 is 0 Å². The predicted octanol–water partition coefficient (Wildman–Crippen LogP) is 4.49. The molecule has 0 nitrogen and oxygen atoms in total. The van der Waals surface area contributed by atoms with E-state index in [-0.39, 0.29) is 0 Å². The molecule has 0 spiro atoms. The number of hydrogen-bond acceptors (Lipinski definition) is 0. The second-order valence-corrected chi connectivity index (χ2v) is 13.1. The standard InChI is InChI=1S/C19H22SeSi/c1-21(2,3)19(16-17-10-6-4-7-11-17)14-15-20-18-12-8-5-9-13-18/h4-16H,1-3H3/b15-14+,19-16-. The monoisotopic (exact) mass is 358 g/mol. The van der Waals surface area contributed by atoms with Crippen molar-refractivity contribution in [1.29, 1.82) is 0 Å². The summed E-state index contributed by atoms with van der Waals surface area (Å²) in [4.78, 5) is 2.36. The molecule has 0 amide bonds. The molecule has 0 aliphatic carbocycles. The normalized spacial score (nSPS) is 12.8. The van der Waals surface area contributed by atoms with E-state index >= 15 is 0 Å². The van der Waals surface area contributed by atoms with Crippen molar-refractivity contribution >= 4 is 33.6 Å². The summed E-state index contributed by atoms with van der Waals surface area (Å²) in [5.41, 5.74) is 1.30. The molecule has 0 aliphatic rings. The van der Waals surface area contributed by atoms with Gasteiger partial charge in [-0.25, -0.2) is 0 Å². The van der Waals surface area contributed by atoms with Crippen molar-refractivity contribution in [3.63, 3.8) is 0 Å². The van der Waals surface area contributed by atoms with Gasteiger partial charge in [0, 0.05) is 0 Å². The van der Waals surface area contributed by atoms with Crippen LogP contribution in [-0.2, 0) is 0 Å². The third-order valence-corrected chi connectivity index (χ3v) is 6.94. The summed E-state index contributed by atoms with van der Waals surface area (Å²) >= 11 is 0.413. The Labute approximate surface area is 135 Å². The molecule has 0 aromatic heterocycles. The van der Waals surface area contributed by atoms with Crippen molar-refractivity contribution in [1.82, 2.24) is 0 Å². The molecule has 0 radical (unpaired) electrons. The molecule has 0 saturated heterocycles. The Morgan fingerprint density at radius 3 is 2.00 bits per heavy atom. The van der Waals surface area contributed by atoms with E-state index in [2.05, 4.69) is 97.4 Å². The molecule has 0 atom stereocenters. The van der Waals surface area contributed by atoms with Gasteiger partial charge in [0.25, 0.3) is 0 Å². The van der Waals surface area contributed by atoms with E-state index in [4.69, 9.17) is 0 Å². The van der Waals surface area contributed by atoms with Crippen LogP contribution in [-0.4, -0.2) is 23.0 Å². The molecule has 0 unspecified atom stereocenters. The second kappa shape index (κ2) is 7.60. The Morgan fingerprint density at radius 1 is 0.857 bits per heavy atom. The minimum absolute atomic E-state index is 0.413. The van der Waals surface area contributed by atoms with E-state index in [0.29, 0.717) is 15.0 Å². The van der Waals surface area contributed by atoms with E-state index in [9.17, 15) is 0 Å². The van der Waals surface area contributed by atoms with Gasteiger partial charge >= 0.3 is 136 Å². The fraction of sp³-hybridized carbons (Fsp3) is 0.158. The van der Waals surface area contributed by atoms with Crippen LogP contribution in [0.15, 0.2) is 76.9 Å². The van der Waals surface area contributed by atoms with Gasteiger partial charge in [-0.15, -0.1) is 0 Å². The Bertz CT molecular complexity index is 607. The molecule has 2 aromatic rings. The van der Waals surface area contributed by atoms with Crippen molar-refractivity contribution in [2.75, 3.05) is 0 Å². The predicted molar refractivity (Wildman–Crippen MR) is 98.7 cm³/mol.